The number of pyridine rings is 2. The van der Waals surface area contributed by atoms with Gasteiger partial charge in [-0.05, 0) is 58.4 Å². The van der Waals surface area contributed by atoms with Gasteiger partial charge in [-0.1, -0.05) is 6.07 Å². The molecule has 3 atom stereocenters. The zero-order chi connectivity index (χ0) is 24.5. The Morgan fingerprint density at radius 1 is 1.03 bits per heavy atom. The SMILES string of the molecule is CC(O)c1cc2cnc(Nc3ccc(CN4CCN(C)CC4)cn3)nc2c(N2C(C)CCC2C)n1. The lowest BCUT2D eigenvalue weighted by Crippen LogP contribution is -2.43. The highest BCUT2D eigenvalue weighted by Crippen LogP contribution is 2.34. The van der Waals surface area contributed by atoms with E-state index in [0.29, 0.717) is 29.5 Å². The smallest absolute Gasteiger partial charge is 0.229 e. The Morgan fingerprint density at radius 2 is 1.77 bits per heavy atom. The number of aromatic nitrogens is 4. The number of hydrogen-bond acceptors (Lipinski definition) is 9. The van der Waals surface area contributed by atoms with Gasteiger partial charge in [0.05, 0.1) is 11.8 Å². The minimum absolute atomic E-state index is 0.367. The van der Waals surface area contributed by atoms with Gasteiger partial charge in [0.15, 0.2) is 5.82 Å². The van der Waals surface area contributed by atoms with Gasteiger partial charge < -0.3 is 20.2 Å². The van der Waals surface area contributed by atoms with Crippen LogP contribution in [0.1, 0.15) is 51.0 Å². The van der Waals surface area contributed by atoms with Crippen LogP contribution in [0.4, 0.5) is 17.6 Å². The van der Waals surface area contributed by atoms with Crippen molar-refractivity contribution < 1.29 is 5.11 Å². The maximum atomic E-state index is 10.2. The Balaban J connectivity index is 1.38. The molecule has 0 aromatic carbocycles. The van der Waals surface area contributed by atoms with E-state index in [0.717, 1.165) is 62.3 Å². The molecule has 3 unspecified atom stereocenters. The number of likely N-dealkylation sites (N-methyl/N-ethyl adjacent to an activating group) is 1. The fourth-order valence-corrected chi connectivity index (χ4v) is 5.08. The fourth-order valence-electron chi connectivity index (χ4n) is 5.08. The first-order valence-corrected chi connectivity index (χ1v) is 12.6. The van der Waals surface area contributed by atoms with E-state index in [1.165, 1.54) is 5.56 Å². The number of rotatable bonds is 6. The maximum absolute atomic E-state index is 10.2. The molecule has 3 aromatic heterocycles. The standard InChI is InChI=1S/C26H36N8O/c1-17-5-6-18(2)34(17)25-24-21(13-22(29-25)19(3)35)15-28-26(31-24)30-23-8-7-20(14-27-23)16-33-11-9-32(4)10-12-33/h7-8,13-15,17-19,35H,5-6,9-12,16H2,1-4H3,(H,27,28,30,31). The second-order valence-electron chi connectivity index (χ2n) is 10.1. The van der Waals surface area contributed by atoms with Gasteiger partial charge in [0, 0.05) is 62.6 Å². The maximum Gasteiger partial charge on any atom is 0.229 e. The Bertz CT molecular complexity index is 1150. The van der Waals surface area contributed by atoms with Crippen LogP contribution in [0, 0.1) is 0 Å². The molecule has 186 valence electrons. The summed E-state index contributed by atoms with van der Waals surface area (Å²) in [4.78, 5) is 26.0. The summed E-state index contributed by atoms with van der Waals surface area (Å²) < 4.78 is 0. The Hall–Kier alpha value is -2.88. The molecular weight excluding hydrogens is 440 g/mol. The summed E-state index contributed by atoms with van der Waals surface area (Å²) in [6, 6.07) is 6.71. The molecule has 0 aliphatic carbocycles. The molecule has 3 aromatic rings. The number of piperazine rings is 1. The van der Waals surface area contributed by atoms with Crippen molar-refractivity contribution in [2.24, 2.45) is 0 Å². The highest BCUT2D eigenvalue weighted by Gasteiger charge is 2.31. The summed E-state index contributed by atoms with van der Waals surface area (Å²) in [7, 11) is 2.17. The molecule has 2 aliphatic heterocycles. The van der Waals surface area contributed by atoms with E-state index in [1.54, 1.807) is 13.1 Å². The van der Waals surface area contributed by atoms with Crippen LogP contribution in [0.3, 0.4) is 0 Å². The van der Waals surface area contributed by atoms with Crippen LogP contribution in [-0.4, -0.2) is 80.2 Å². The number of anilines is 3. The van der Waals surface area contributed by atoms with Crippen LogP contribution < -0.4 is 10.2 Å². The molecule has 9 heteroatoms. The van der Waals surface area contributed by atoms with Crippen molar-refractivity contribution in [1.82, 2.24) is 29.7 Å². The first kappa shape index (κ1) is 23.8. The molecule has 2 fully saturated rings. The fraction of sp³-hybridized carbons (Fsp3) is 0.538. The molecule has 0 radical (unpaired) electrons. The molecule has 2 N–H and O–H groups in total. The van der Waals surface area contributed by atoms with Crippen molar-refractivity contribution in [3.8, 4) is 0 Å². The molecule has 0 amide bonds. The lowest BCUT2D eigenvalue weighted by molar-refractivity contribution is 0.148. The molecule has 9 nitrogen and oxygen atoms in total. The van der Waals surface area contributed by atoms with E-state index in [9.17, 15) is 5.11 Å². The van der Waals surface area contributed by atoms with E-state index in [1.807, 2.05) is 18.3 Å². The predicted octanol–water partition coefficient (Wildman–Crippen LogP) is 3.34. The van der Waals surface area contributed by atoms with Crippen LogP contribution in [0.15, 0.2) is 30.6 Å². The van der Waals surface area contributed by atoms with Gasteiger partial charge in [0.1, 0.15) is 11.3 Å². The van der Waals surface area contributed by atoms with E-state index >= 15 is 0 Å². The van der Waals surface area contributed by atoms with Crippen LogP contribution in [-0.2, 0) is 6.54 Å². The third-order valence-corrected chi connectivity index (χ3v) is 7.26. The molecule has 0 spiro atoms. The summed E-state index contributed by atoms with van der Waals surface area (Å²) >= 11 is 0. The van der Waals surface area contributed by atoms with Gasteiger partial charge in [0.25, 0.3) is 0 Å². The van der Waals surface area contributed by atoms with Gasteiger partial charge in [0.2, 0.25) is 5.95 Å². The summed E-state index contributed by atoms with van der Waals surface area (Å²) in [6.45, 7) is 11.5. The van der Waals surface area contributed by atoms with E-state index in [-0.39, 0.29) is 0 Å². The minimum Gasteiger partial charge on any atom is -0.387 e. The van der Waals surface area contributed by atoms with Crippen LogP contribution in [0.5, 0.6) is 0 Å². The van der Waals surface area contributed by atoms with Crippen molar-refractivity contribution in [3.05, 3.63) is 41.9 Å². The normalized spacial score (nSPS) is 22.6. The van der Waals surface area contributed by atoms with Gasteiger partial charge >= 0.3 is 0 Å². The van der Waals surface area contributed by atoms with Crippen molar-refractivity contribution in [2.75, 3.05) is 43.4 Å². The monoisotopic (exact) mass is 476 g/mol. The number of hydrogen-bond donors (Lipinski definition) is 2. The number of aliphatic hydroxyl groups is 1. The molecular formula is C26H36N8O. The minimum atomic E-state index is -0.655. The molecule has 5 heterocycles. The summed E-state index contributed by atoms with van der Waals surface area (Å²) in [6.07, 6.45) is 5.30. The van der Waals surface area contributed by atoms with E-state index in [4.69, 9.17) is 9.97 Å². The zero-order valence-corrected chi connectivity index (χ0v) is 21.1. The third-order valence-electron chi connectivity index (χ3n) is 7.26. The van der Waals surface area contributed by atoms with Crippen molar-refractivity contribution in [2.45, 2.75) is 58.3 Å². The lowest BCUT2D eigenvalue weighted by atomic mass is 10.1. The number of nitrogens with zero attached hydrogens (tertiary/aromatic N) is 7. The third kappa shape index (κ3) is 5.22. The zero-order valence-electron chi connectivity index (χ0n) is 21.1. The highest BCUT2D eigenvalue weighted by molar-refractivity contribution is 5.90. The van der Waals surface area contributed by atoms with Crippen molar-refractivity contribution in [3.63, 3.8) is 0 Å². The molecule has 0 saturated carbocycles. The largest absolute Gasteiger partial charge is 0.387 e. The van der Waals surface area contributed by atoms with Gasteiger partial charge in [-0.25, -0.2) is 19.9 Å². The summed E-state index contributed by atoms with van der Waals surface area (Å²) in [5.74, 6) is 2.02. The Kier molecular flexibility index (Phi) is 6.82. The average Bonchev–Trinajstić information content (AvgIpc) is 3.18. The molecule has 0 bridgehead atoms. The molecule has 35 heavy (non-hydrogen) atoms. The van der Waals surface area contributed by atoms with E-state index < -0.39 is 6.10 Å². The first-order chi connectivity index (χ1) is 16.9. The highest BCUT2D eigenvalue weighted by atomic mass is 16.3. The average molecular weight is 477 g/mol. The van der Waals surface area contributed by atoms with Crippen LogP contribution in [0.25, 0.3) is 10.9 Å². The summed E-state index contributed by atoms with van der Waals surface area (Å²) in [5.41, 5.74) is 2.63. The van der Waals surface area contributed by atoms with Gasteiger partial charge in [-0.2, -0.15) is 0 Å². The second kappa shape index (κ2) is 10.0. The van der Waals surface area contributed by atoms with Crippen molar-refractivity contribution in [1.29, 1.82) is 0 Å². The number of nitrogens with one attached hydrogen (secondary N) is 1. The van der Waals surface area contributed by atoms with E-state index in [2.05, 4.69) is 56.9 Å². The predicted molar refractivity (Wildman–Crippen MR) is 139 cm³/mol. The topological polar surface area (TPSA) is 93.5 Å². The Labute approximate surface area is 207 Å². The summed E-state index contributed by atoms with van der Waals surface area (Å²) in [5, 5.41) is 14.4. The van der Waals surface area contributed by atoms with Gasteiger partial charge in [-0.15, -0.1) is 0 Å². The first-order valence-electron chi connectivity index (χ1n) is 12.6. The van der Waals surface area contributed by atoms with Crippen molar-refractivity contribution >= 4 is 28.5 Å². The molecule has 2 aliphatic rings. The molecule has 5 rings (SSSR count). The van der Waals surface area contributed by atoms with Crippen LogP contribution in [0.2, 0.25) is 0 Å². The van der Waals surface area contributed by atoms with Crippen LogP contribution >= 0.6 is 0 Å². The second-order valence-corrected chi connectivity index (χ2v) is 10.1. The number of fused-ring (bicyclic) bond motifs is 1. The van der Waals surface area contributed by atoms with Gasteiger partial charge in [-0.3, -0.25) is 4.90 Å². The quantitative estimate of drug-likeness (QED) is 0.555. The number of aliphatic hydroxyl groups excluding tert-OH is 1. The Morgan fingerprint density at radius 3 is 2.43 bits per heavy atom. The lowest BCUT2D eigenvalue weighted by Gasteiger charge is -2.32. The molecule has 2 saturated heterocycles.